The molecule has 0 aliphatic rings. The van der Waals surface area contributed by atoms with Gasteiger partial charge in [-0.2, -0.15) is 0 Å². The first-order chi connectivity index (χ1) is 8.81. The van der Waals surface area contributed by atoms with Gasteiger partial charge in [-0.25, -0.2) is 0 Å². The van der Waals surface area contributed by atoms with Crippen molar-refractivity contribution in [3.8, 4) is 0 Å². The molecule has 1 aromatic heterocycles. The average molecular weight is 243 g/mol. The molecule has 1 heterocycles. The van der Waals surface area contributed by atoms with Crippen LogP contribution in [0.1, 0.15) is 45.4 Å². The minimum atomic E-state index is 0.998. The van der Waals surface area contributed by atoms with Crippen molar-refractivity contribution in [2.24, 2.45) is 0 Å². The minimum absolute atomic E-state index is 0.998. The summed E-state index contributed by atoms with van der Waals surface area (Å²) >= 11 is 0. The van der Waals surface area contributed by atoms with Crippen LogP contribution in [0.2, 0.25) is 0 Å². The topological polar surface area (TPSA) is 12.9 Å². The van der Waals surface area contributed by atoms with Gasteiger partial charge in [-0.15, -0.1) is 0 Å². The molecule has 1 aromatic rings. The molecule has 0 atom stereocenters. The summed E-state index contributed by atoms with van der Waals surface area (Å²) in [6, 6.07) is 4.21. The number of hydrogen-bond donors (Lipinski definition) is 0. The van der Waals surface area contributed by atoms with Crippen molar-refractivity contribution in [1.82, 2.24) is 4.98 Å². The fourth-order valence-electron chi connectivity index (χ4n) is 1.56. The molecule has 18 heavy (non-hydrogen) atoms. The highest BCUT2D eigenvalue weighted by Crippen LogP contribution is 2.14. The molecule has 0 saturated heterocycles. The first kappa shape index (κ1) is 16.4. The van der Waals surface area contributed by atoms with Crippen LogP contribution in [-0.2, 0) is 6.42 Å². The second-order valence-electron chi connectivity index (χ2n) is 3.66. The van der Waals surface area contributed by atoms with Crippen molar-refractivity contribution in [3.63, 3.8) is 0 Å². The van der Waals surface area contributed by atoms with Gasteiger partial charge in [-0.3, -0.25) is 4.98 Å². The summed E-state index contributed by atoms with van der Waals surface area (Å²) in [6.07, 6.45) is 12.0. The summed E-state index contributed by atoms with van der Waals surface area (Å²) in [6.45, 7) is 11.9. The Bertz CT molecular complexity index is 383. The Balaban J connectivity index is 0.00000137. The molecule has 98 valence electrons. The molecule has 1 nitrogen and oxygen atoms in total. The number of aromatic nitrogens is 1. The van der Waals surface area contributed by atoms with E-state index in [0.29, 0.717) is 0 Å². The first-order valence-electron chi connectivity index (χ1n) is 6.72. The summed E-state index contributed by atoms with van der Waals surface area (Å²) in [5.74, 6) is 0. The average Bonchev–Trinajstić information content (AvgIpc) is 2.42. The fourth-order valence-corrected chi connectivity index (χ4v) is 1.56. The van der Waals surface area contributed by atoms with Gasteiger partial charge in [-0.05, 0) is 30.5 Å². The van der Waals surface area contributed by atoms with E-state index in [4.69, 9.17) is 0 Å². The van der Waals surface area contributed by atoms with Gasteiger partial charge in [0.25, 0.3) is 0 Å². The molecule has 0 aliphatic carbocycles. The maximum atomic E-state index is 4.47. The molecule has 0 aliphatic heterocycles. The highest BCUT2D eigenvalue weighted by Gasteiger charge is 1.98. The predicted octanol–water partition coefficient (Wildman–Crippen LogP) is 5.21. The molecule has 0 aromatic carbocycles. The van der Waals surface area contributed by atoms with Crippen LogP contribution in [0.25, 0.3) is 5.57 Å². The first-order valence-corrected chi connectivity index (χ1v) is 6.72. The Labute approximate surface area is 112 Å². The number of aryl methyl sites for hydroxylation is 1. The van der Waals surface area contributed by atoms with E-state index < -0.39 is 0 Å². The van der Waals surface area contributed by atoms with Crippen molar-refractivity contribution >= 4 is 5.57 Å². The molecule has 1 rings (SSSR count). The van der Waals surface area contributed by atoms with Crippen LogP contribution in [-0.4, -0.2) is 4.98 Å². The summed E-state index contributed by atoms with van der Waals surface area (Å²) < 4.78 is 0. The van der Waals surface area contributed by atoms with E-state index in [1.807, 2.05) is 45.2 Å². The summed E-state index contributed by atoms with van der Waals surface area (Å²) in [5, 5.41) is 0. The Hall–Kier alpha value is -1.63. The number of nitrogens with zero attached hydrogens (tertiary/aromatic N) is 1. The van der Waals surface area contributed by atoms with Crippen LogP contribution in [0.4, 0.5) is 0 Å². The molecular weight excluding hydrogens is 218 g/mol. The fraction of sp³-hybridized carbons (Fsp3) is 0.353. The van der Waals surface area contributed by atoms with Gasteiger partial charge in [0, 0.05) is 6.20 Å². The molecule has 0 amide bonds. The maximum Gasteiger partial charge on any atom is 0.0702 e. The molecule has 0 saturated carbocycles. The molecule has 0 bridgehead atoms. The SMILES string of the molecule is C=C/C=C(\C=C/C)c1ccc(CCC)cn1.CC. The highest BCUT2D eigenvalue weighted by molar-refractivity contribution is 5.72. The lowest BCUT2D eigenvalue weighted by Crippen LogP contribution is -1.90. The Morgan fingerprint density at radius 3 is 2.50 bits per heavy atom. The van der Waals surface area contributed by atoms with Crippen LogP contribution in [0.3, 0.4) is 0 Å². The highest BCUT2D eigenvalue weighted by atomic mass is 14.7. The number of hydrogen-bond acceptors (Lipinski definition) is 1. The molecule has 0 fully saturated rings. The van der Waals surface area contributed by atoms with Gasteiger partial charge < -0.3 is 0 Å². The van der Waals surface area contributed by atoms with Crippen molar-refractivity contribution in [2.75, 3.05) is 0 Å². The van der Waals surface area contributed by atoms with Crippen LogP contribution >= 0.6 is 0 Å². The van der Waals surface area contributed by atoms with Gasteiger partial charge in [-0.1, -0.05) is 64.1 Å². The molecular formula is C17H25N. The molecule has 0 radical (unpaired) electrons. The quantitative estimate of drug-likeness (QED) is 0.647. The van der Waals surface area contributed by atoms with E-state index in [1.54, 1.807) is 6.08 Å². The number of rotatable bonds is 5. The molecule has 0 unspecified atom stereocenters. The van der Waals surface area contributed by atoms with Gasteiger partial charge >= 0.3 is 0 Å². The largest absolute Gasteiger partial charge is 0.256 e. The lowest BCUT2D eigenvalue weighted by Gasteiger charge is -2.03. The standard InChI is InChI=1S/C15H19N.C2H6/c1-4-7-13-10-11-15(16-12-13)14(8-5-2)9-6-3;1-2/h5-6,8-12H,2,4,7H2,1,3H3;1-2H3/b9-6-,14-8+;. The van der Waals surface area contributed by atoms with Crippen molar-refractivity contribution in [2.45, 2.75) is 40.5 Å². The Morgan fingerprint density at radius 2 is 2.06 bits per heavy atom. The number of pyridine rings is 1. The summed E-state index contributed by atoms with van der Waals surface area (Å²) in [7, 11) is 0. The van der Waals surface area contributed by atoms with E-state index in [0.717, 1.165) is 24.1 Å². The van der Waals surface area contributed by atoms with E-state index in [9.17, 15) is 0 Å². The second kappa shape index (κ2) is 10.5. The van der Waals surface area contributed by atoms with Gasteiger partial charge in [0.15, 0.2) is 0 Å². The van der Waals surface area contributed by atoms with Crippen LogP contribution in [0.5, 0.6) is 0 Å². The van der Waals surface area contributed by atoms with E-state index >= 15 is 0 Å². The van der Waals surface area contributed by atoms with E-state index in [1.165, 1.54) is 5.56 Å². The predicted molar refractivity (Wildman–Crippen MR) is 82.6 cm³/mol. The second-order valence-corrected chi connectivity index (χ2v) is 3.66. The molecule has 0 N–H and O–H groups in total. The monoisotopic (exact) mass is 243 g/mol. The van der Waals surface area contributed by atoms with Crippen LogP contribution in [0.15, 0.2) is 49.2 Å². The van der Waals surface area contributed by atoms with Gasteiger partial charge in [0.05, 0.1) is 5.69 Å². The van der Waals surface area contributed by atoms with Crippen LogP contribution < -0.4 is 0 Å². The zero-order valence-electron chi connectivity index (χ0n) is 12.1. The Morgan fingerprint density at radius 1 is 1.33 bits per heavy atom. The summed E-state index contributed by atoms with van der Waals surface area (Å²) in [4.78, 5) is 4.47. The zero-order chi connectivity index (χ0) is 13.8. The third-order valence-corrected chi connectivity index (χ3v) is 2.30. The van der Waals surface area contributed by atoms with Crippen molar-refractivity contribution in [3.05, 3.63) is 60.5 Å². The molecule has 1 heteroatoms. The van der Waals surface area contributed by atoms with Gasteiger partial charge in [0.1, 0.15) is 0 Å². The lowest BCUT2D eigenvalue weighted by atomic mass is 10.1. The zero-order valence-corrected chi connectivity index (χ0v) is 12.1. The molecule has 0 spiro atoms. The van der Waals surface area contributed by atoms with Crippen molar-refractivity contribution < 1.29 is 0 Å². The third-order valence-electron chi connectivity index (χ3n) is 2.30. The lowest BCUT2D eigenvalue weighted by molar-refractivity contribution is 0.913. The Kier molecular flexibility index (Phi) is 9.57. The summed E-state index contributed by atoms with van der Waals surface area (Å²) in [5.41, 5.74) is 3.39. The third kappa shape index (κ3) is 5.62. The maximum absolute atomic E-state index is 4.47. The smallest absolute Gasteiger partial charge is 0.0702 e. The van der Waals surface area contributed by atoms with E-state index in [2.05, 4.69) is 30.6 Å². The normalized spacial score (nSPS) is 11.0. The van der Waals surface area contributed by atoms with E-state index in [-0.39, 0.29) is 0 Å². The minimum Gasteiger partial charge on any atom is -0.256 e. The van der Waals surface area contributed by atoms with Crippen molar-refractivity contribution in [1.29, 1.82) is 0 Å². The van der Waals surface area contributed by atoms with Gasteiger partial charge in [0.2, 0.25) is 0 Å². The van der Waals surface area contributed by atoms with Crippen LogP contribution in [0, 0.1) is 0 Å². The number of allylic oxidation sites excluding steroid dienone is 5.